The molecule has 0 bridgehead atoms. The van der Waals surface area contributed by atoms with Crippen molar-refractivity contribution in [2.75, 3.05) is 25.4 Å². The molecular weight excluding hydrogens is 282 g/mol. The summed E-state index contributed by atoms with van der Waals surface area (Å²) >= 11 is 0. The number of ether oxygens (including phenoxy) is 1. The van der Waals surface area contributed by atoms with Crippen LogP contribution < -0.4 is 21.1 Å². The SMILES string of the molecule is CCCNC(=O)COc1cc(C(=O)NCC(C)C)ccc1N. The van der Waals surface area contributed by atoms with E-state index in [1.807, 2.05) is 20.8 Å². The monoisotopic (exact) mass is 307 g/mol. The number of nitrogens with one attached hydrogen (secondary N) is 2. The topological polar surface area (TPSA) is 93.4 Å². The lowest BCUT2D eigenvalue weighted by Crippen LogP contribution is -2.29. The lowest BCUT2D eigenvalue weighted by atomic mass is 10.1. The molecule has 0 atom stereocenters. The number of rotatable bonds is 8. The van der Waals surface area contributed by atoms with E-state index >= 15 is 0 Å². The molecule has 0 fully saturated rings. The van der Waals surface area contributed by atoms with Gasteiger partial charge in [-0.25, -0.2) is 0 Å². The van der Waals surface area contributed by atoms with Crippen LogP contribution in [-0.4, -0.2) is 31.5 Å². The zero-order valence-electron chi connectivity index (χ0n) is 13.4. The highest BCUT2D eigenvalue weighted by molar-refractivity contribution is 5.95. The summed E-state index contributed by atoms with van der Waals surface area (Å²) in [4.78, 5) is 23.5. The molecule has 1 aromatic carbocycles. The van der Waals surface area contributed by atoms with E-state index in [1.165, 1.54) is 0 Å². The summed E-state index contributed by atoms with van der Waals surface area (Å²) in [6, 6.07) is 4.79. The summed E-state index contributed by atoms with van der Waals surface area (Å²) in [5.41, 5.74) is 6.66. The van der Waals surface area contributed by atoms with Crippen molar-refractivity contribution in [2.24, 2.45) is 5.92 Å². The second-order valence-corrected chi connectivity index (χ2v) is 5.50. The maximum Gasteiger partial charge on any atom is 0.257 e. The van der Waals surface area contributed by atoms with E-state index in [2.05, 4.69) is 10.6 Å². The van der Waals surface area contributed by atoms with E-state index < -0.39 is 0 Å². The number of hydrogen-bond acceptors (Lipinski definition) is 4. The molecule has 0 saturated carbocycles. The molecule has 22 heavy (non-hydrogen) atoms. The first-order valence-electron chi connectivity index (χ1n) is 7.51. The summed E-state index contributed by atoms with van der Waals surface area (Å²) in [5, 5.41) is 5.53. The minimum absolute atomic E-state index is 0.124. The van der Waals surface area contributed by atoms with Gasteiger partial charge in [-0.3, -0.25) is 9.59 Å². The first-order chi connectivity index (χ1) is 10.4. The standard InChI is InChI=1S/C16H25N3O3/c1-4-7-18-15(20)10-22-14-8-12(5-6-13(14)17)16(21)19-9-11(2)3/h5-6,8,11H,4,7,9-10,17H2,1-3H3,(H,18,20)(H,19,21). The quantitative estimate of drug-likeness (QED) is 0.635. The molecule has 0 spiro atoms. The molecule has 6 heteroatoms. The number of anilines is 1. The maximum absolute atomic E-state index is 12.0. The van der Waals surface area contributed by atoms with Crippen LogP contribution in [0.25, 0.3) is 0 Å². The van der Waals surface area contributed by atoms with Gasteiger partial charge in [0.2, 0.25) is 0 Å². The predicted octanol–water partition coefficient (Wildman–Crippen LogP) is 1.56. The van der Waals surface area contributed by atoms with Crippen LogP contribution in [0.4, 0.5) is 5.69 Å². The fraction of sp³-hybridized carbons (Fsp3) is 0.500. The molecule has 0 heterocycles. The van der Waals surface area contributed by atoms with E-state index in [0.717, 1.165) is 6.42 Å². The van der Waals surface area contributed by atoms with Gasteiger partial charge < -0.3 is 21.1 Å². The molecule has 1 aromatic rings. The Hall–Kier alpha value is -2.24. The average molecular weight is 307 g/mol. The maximum atomic E-state index is 12.0. The van der Waals surface area contributed by atoms with Gasteiger partial charge in [0.15, 0.2) is 6.61 Å². The van der Waals surface area contributed by atoms with Crippen LogP contribution >= 0.6 is 0 Å². The largest absolute Gasteiger partial charge is 0.482 e. The number of hydrogen-bond donors (Lipinski definition) is 3. The average Bonchev–Trinajstić information content (AvgIpc) is 2.49. The van der Waals surface area contributed by atoms with Gasteiger partial charge in [-0.2, -0.15) is 0 Å². The smallest absolute Gasteiger partial charge is 0.257 e. The number of benzene rings is 1. The van der Waals surface area contributed by atoms with Gasteiger partial charge >= 0.3 is 0 Å². The second kappa shape index (κ2) is 8.92. The molecule has 0 aliphatic carbocycles. The van der Waals surface area contributed by atoms with Crippen molar-refractivity contribution in [3.63, 3.8) is 0 Å². The van der Waals surface area contributed by atoms with Crippen LogP contribution in [-0.2, 0) is 4.79 Å². The summed E-state index contributed by atoms with van der Waals surface area (Å²) < 4.78 is 5.40. The van der Waals surface area contributed by atoms with Crippen LogP contribution in [0.2, 0.25) is 0 Å². The molecule has 0 unspecified atom stereocenters. The van der Waals surface area contributed by atoms with Gasteiger partial charge in [0, 0.05) is 18.7 Å². The predicted molar refractivity (Wildman–Crippen MR) is 86.8 cm³/mol. The molecule has 122 valence electrons. The van der Waals surface area contributed by atoms with Crippen LogP contribution in [0, 0.1) is 5.92 Å². The lowest BCUT2D eigenvalue weighted by molar-refractivity contribution is -0.123. The highest BCUT2D eigenvalue weighted by Gasteiger charge is 2.11. The third-order valence-corrected chi connectivity index (χ3v) is 2.88. The number of amides is 2. The summed E-state index contributed by atoms with van der Waals surface area (Å²) in [6.07, 6.45) is 0.861. The Morgan fingerprint density at radius 2 is 2.00 bits per heavy atom. The van der Waals surface area contributed by atoms with Gasteiger partial charge in [0.05, 0.1) is 5.69 Å². The molecule has 0 aliphatic rings. The van der Waals surface area contributed by atoms with Crippen LogP contribution in [0.1, 0.15) is 37.6 Å². The van der Waals surface area contributed by atoms with Crippen LogP contribution in [0.3, 0.4) is 0 Å². The summed E-state index contributed by atoms with van der Waals surface area (Å²) in [7, 11) is 0. The highest BCUT2D eigenvalue weighted by Crippen LogP contribution is 2.22. The van der Waals surface area contributed by atoms with Gasteiger partial charge in [-0.1, -0.05) is 20.8 Å². The third kappa shape index (κ3) is 6.03. The minimum Gasteiger partial charge on any atom is -0.482 e. The molecule has 0 saturated heterocycles. The Morgan fingerprint density at radius 1 is 1.27 bits per heavy atom. The Bertz CT molecular complexity index is 515. The Balaban J connectivity index is 2.65. The number of nitrogen functional groups attached to an aromatic ring is 1. The van der Waals surface area contributed by atoms with E-state index in [0.29, 0.717) is 36.0 Å². The number of carbonyl (C=O) groups excluding carboxylic acids is 2. The minimum atomic E-state index is -0.212. The van der Waals surface area contributed by atoms with Gasteiger partial charge in [-0.15, -0.1) is 0 Å². The molecule has 4 N–H and O–H groups in total. The summed E-state index contributed by atoms with van der Waals surface area (Å²) in [6.45, 7) is 7.09. The normalized spacial score (nSPS) is 10.4. The number of carbonyl (C=O) groups is 2. The van der Waals surface area contributed by atoms with Crippen molar-refractivity contribution < 1.29 is 14.3 Å². The van der Waals surface area contributed by atoms with Crippen molar-refractivity contribution >= 4 is 17.5 Å². The molecule has 0 aromatic heterocycles. The van der Waals surface area contributed by atoms with Crippen LogP contribution in [0.5, 0.6) is 5.75 Å². The highest BCUT2D eigenvalue weighted by atomic mass is 16.5. The van der Waals surface area contributed by atoms with Crippen molar-refractivity contribution in [3.8, 4) is 5.75 Å². The molecule has 2 amide bonds. The Labute approximate surface area is 131 Å². The zero-order chi connectivity index (χ0) is 16.5. The van der Waals surface area contributed by atoms with Crippen molar-refractivity contribution in [1.29, 1.82) is 0 Å². The van der Waals surface area contributed by atoms with Gasteiger partial charge in [0.1, 0.15) is 5.75 Å². The third-order valence-electron chi connectivity index (χ3n) is 2.88. The van der Waals surface area contributed by atoms with E-state index in [9.17, 15) is 9.59 Å². The van der Waals surface area contributed by atoms with E-state index in [1.54, 1.807) is 18.2 Å². The number of nitrogens with two attached hydrogens (primary N) is 1. The van der Waals surface area contributed by atoms with Gasteiger partial charge in [0.25, 0.3) is 11.8 Å². The fourth-order valence-electron chi connectivity index (χ4n) is 1.66. The van der Waals surface area contributed by atoms with Crippen molar-refractivity contribution in [2.45, 2.75) is 27.2 Å². The Morgan fingerprint density at radius 3 is 2.64 bits per heavy atom. The van der Waals surface area contributed by atoms with E-state index in [4.69, 9.17) is 10.5 Å². The Kier molecular flexibility index (Phi) is 7.22. The molecule has 1 rings (SSSR count). The van der Waals surface area contributed by atoms with Crippen molar-refractivity contribution in [1.82, 2.24) is 10.6 Å². The molecule has 6 nitrogen and oxygen atoms in total. The van der Waals surface area contributed by atoms with Crippen molar-refractivity contribution in [3.05, 3.63) is 23.8 Å². The molecule has 0 aliphatic heterocycles. The fourth-order valence-corrected chi connectivity index (χ4v) is 1.66. The first-order valence-corrected chi connectivity index (χ1v) is 7.51. The molecular formula is C16H25N3O3. The molecule has 0 radical (unpaired) electrons. The lowest BCUT2D eigenvalue weighted by Gasteiger charge is -2.12. The van der Waals surface area contributed by atoms with Gasteiger partial charge in [-0.05, 0) is 30.5 Å². The second-order valence-electron chi connectivity index (χ2n) is 5.50. The van der Waals surface area contributed by atoms with E-state index in [-0.39, 0.29) is 18.4 Å². The summed E-state index contributed by atoms with van der Waals surface area (Å²) in [5.74, 6) is 0.310. The first kappa shape index (κ1) is 17.8. The van der Waals surface area contributed by atoms with Crippen LogP contribution in [0.15, 0.2) is 18.2 Å². The zero-order valence-corrected chi connectivity index (χ0v) is 13.4.